The van der Waals surface area contributed by atoms with Gasteiger partial charge in [-0.15, -0.1) is 0 Å². The Hall–Kier alpha value is -2.95. The van der Waals surface area contributed by atoms with Crippen LogP contribution in [0.3, 0.4) is 0 Å². The molecule has 2 fully saturated rings. The summed E-state index contributed by atoms with van der Waals surface area (Å²) in [6.07, 6.45) is -2.04. The van der Waals surface area contributed by atoms with Crippen LogP contribution in [0.15, 0.2) is 35.2 Å². The summed E-state index contributed by atoms with van der Waals surface area (Å²) < 4.78 is 106. The summed E-state index contributed by atoms with van der Waals surface area (Å²) in [6.45, 7) is 1.46. The molecule has 0 bridgehead atoms. The number of sulfone groups is 1. The predicted octanol–water partition coefficient (Wildman–Crippen LogP) is 4.23. The highest BCUT2D eigenvalue weighted by atomic mass is 35.5. The van der Waals surface area contributed by atoms with E-state index in [2.05, 4.69) is 4.84 Å². The summed E-state index contributed by atoms with van der Waals surface area (Å²) in [5.74, 6) is -6.14. The Morgan fingerprint density at radius 3 is 2.30 bits per heavy atom. The highest BCUT2D eigenvalue weighted by Gasteiger charge is 2.46. The van der Waals surface area contributed by atoms with E-state index in [9.17, 15) is 39.6 Å². The number of hydrogen-bond donors (Lipinski definition) is 0. The molecule has 2 aromatic rings. The zero-order valence-electron chi connectivity index (χ0n) is 22.9. The quantitative estimate of drug-likeness (QED) is 0.300. The van der Waals surface area contributed by atoms with E-state index in [1.54, 1.807) is 6.07 Å². The molecule has 1 aliphatic carbocycles. The molecule has 1 saturated heterocycles. The maximum atomic E-state index is 15.2. The van der Waals surface area contributed by atoms with Crippen LogP contribution in [0.5, 0.6) is 5.75 Å². The number of halogens is 5. The summed E-state index contributed by atoms with van der Waals surface area (Å²) >= 11 is 6.33. The summed E-state index contributed by atoms with van der Waals surface area (Å²) in [5, 5.41) is 0.286. The number of hydrogen-bond acceptors (Lipinski definition) is 9. The van der Waals surface area contributed by atoms with Crippen molar-refractivity contribution in [1.29, 1.82) is 0 Å². The standard InChI is InChI=1S/C26H27ClF4N2O8S2/c1-42(36,37)18-8-7-16(21(27)10-18)13-32-9-3-4-17(14-32)40-23-12-22(28)20(11-19(23)15-5-6-15)24(34)33(43(2,38)39)41-25(35)26(29,30)31/h7-8,10-12,15,17H,3-6,9,13-14H2,1-2H3/t17-/m1/s1. The first-order valence-corrected chi connectivity index (χ1v) is 17.0. The van der Waals surface area contributed by atoms with E-state index in [1.807, 2.05) is 4.90 Å². The van der Waals surface area contributed by atoms with Gasteiger partial charge in [0.05, 0.1) is 16.7 Å². The van der Waals surface area contributed by atoms with Gasteiger partial charge in [-0.05, 0) is 67.5 Å². The number of sulfonamides is 1. The van der Waals surface area contributed by atoms with Gasteiger partial charge in [0.1, 0.15) is 17.7 Å². The topological polar surface area (TPSA) is 127 Å². The van der Waals surface area contributed by atoms with Gasteiger partial charge in [-0.2, -0.15) is 13.2 Å². The number of rotatable bonds is 8. The van der Waals surface area contributed by atoms with Crippen molar-refractivity contribution in [2.24, 2.45) is 0 Å². The fourth-order valence-corrected chi connectivity index (χ4v) is 6.15. The number of carbonyl (C=O) groups is 2. The van der Waals surface area contributed by atoms with E-state index in [0.29, 0.717) is 62.7 Å². The Bertz CT molecular complexity index is 1650. The lowest BCUT2D eigenvalue weighted by molar-refractivity contribution is -0.216. The van der Waals surface area contributed by atoms with E-state index in [-0.39, 0.29) is 21.6 Å². The molecule has 0 N–H and O–H groups in total. The van der Waals surface area contributed by atoms with Gasteiger partial charge >= 0.3 is 18.1 Å². The van der Waals surface area contributed by atoms with Gasteiger partial charge in [0.15, 0.2) is 9.84 Å². The second-order valence-electron chi connectivity index (χ2n) is 10.5. The van der Waals surface area contributed by atoms with Crippen LogP contribution < -0.4 is 4.74 Å². The second kappa shape index (κ2) is 12.2. The molecule has 0 radical (unpaired) electrons. The van der Waals surface area contributed by atoms with Crippen LogP contribution in [0.2, 0.25) is 5.02 Å². The Balaban J connectivity index is 1.54. The molecule has 1 amide bonds. The van der Waals surface area contributed by atoms with Crippen LogP contribution in [0.1, 0.15) is 53.1 Å². The van der Waals surface area contributed by atoms with Crippen LogP contribution in [0.25, 0.3) is 0 Å². The molecule has 0 aromatic heterocycles. The molecule has 1 atom stereocenters. The summed E-state index contributed by atoms with van der Waals surface area (Å²) in [5.41, 5.74) is 0.146. The molecule has 2 aliphatic rings. The number of likely N-dealkylation sites (tertiary alicyclic amines) is 1. The molecular formula is C26H27ClF4N2O8S2. The van der Waals surface area contributed by atoms with Crippen molar-refractivity contribution in [3.8, 4) is 5.75 Å². The molecule has 2 aromatic carbocycles. The van der Waals surface area contributed by atoms with Gasteiger partial charge in [-0.25, -0.2) is 26.0 Å². The number of carbonyl (C=O) groups excluding carboxylic acids is 2. The smallest absolute Gasteiger partial charge is 0.489 e. The van der Waals surface area contributed by atoms with E-state index in [4.69, 9.17) is 16.3 Å². The monoisotopic (exact) mass is 670 g/mol. The molecule has 236 valence electrons. The minimum Gasteiger partial charge on any atom is -0.489 e. The highest BCUT2D eigenvalue weighted by Crippen LogP contribution is 2.46. The first-order valence-electron chi connectivity index (χ1n) is 12.9. The number of piperidine rings is 1. The average molecular weight is 671 g/mol. The third kappa shape index (κ3) is 8.16. The summed E-state index contributed by atoms with van der Waals surface area (Å²) in [6, 6.07) is 6.36. The Kier molecular flexibility index (Phi) is 9.36. The molecule has 4 rings (SSSR count). The van der Waals surface area contributed by atoms with Crippen LogP contribution in [-0.2, 0) is 36.0 Å². The number of benzene rings is 2. The third-order valence-corrected chi connectivity index (χ3v) is 9.12. The fourth-order valence-electron chi connectivity index (χ4n) is 4.60. The van der Waals surface area contributed by atoms with Crippen molar-refractivity contribution < 1.29 is 53.6 Å². The molecule has 1 aliphatic heterocycles. The molecule has 10 nitrogen and oxygen atoms in total. The number of nitrogens with zero attached hydrogens (tertiary/aromatic N) is 2. The number of ether oxygens (including phenoxy) is 1. The molecular weight excluding hydrogens is 644 g/mol. The Morgan fingerprint density at radius 1 is 1.07 bits per heavy atom. The average Bonchev–Trinajstić information content (AvgIpc) is 3.72. The van der Waals surface area contributed by atoms with Crippen molar-refractivity contribution in [3.05, 3.63) is 57.9 Å². The van der Waals surface area contributed by atoms with E-state index in [0.717, 1.165) is 18.4 Å². The fraction of sp³-hybridized carbons (Fsp3) is 0.462. The SMILES string of the molecule is CS(=O)(=O)c1ccc(CN2CCC[C@@H](Oc3cc(F)c(C(=O)N(OC(=O)C(F)(F)F)S(C)(=O)=O)cc3C3CC3)C2)c(Cl)c1. The first-order chi connectivity index (χ1) is 19.8. The predicted molar refractivity (Wildman–Crippen MR) is 145 cm³/mol. The van der Waals surface area contributed by atoms with Gasteiger partial charge in [0.25, 0.3) is 10.0 Å². The van der Waals surface area contributed by atoms with Crippen molar-refractivity contribution in [1.82, 2.24) is 9.37 Å². The lowest BCUT2D eigenvalue weighted by Crippen LogP contribution is -2.42. The van der Waals surface area contributed by atoms with Crippen molar-refractivity contribution in [3.63, 3.8) is 0 Å². The van der Waals surface area contributed by atoms with Crippen molar-refractivity contribution >= 4 is 43.3 Å². The number of alkyl halides is 3. The molecule has 0 spiro atoms. The first kappa shape index (κ1) is 33.0. The normalized spacial score (nSPS) is 18.3. The van der Waals surface area contributed by atoms with E-state index >= 15 is 4.39 Å². The van der Waals surface area contributed by atoms with Crippen LogP contribution in [0.4, 0.5) is 17.6 Å². The minimum atomic E-state index is -5.61. The van der Waals surface area contributed by atoms with E-state index < -0.39 is 59.9 Å². The van der Waals surface area contributed by atoms with Crippen molar-refractivity contribution in [2.45, 2.75) is 55.3 Å². The van der Waals surface area contributed by atoms with Crippen LogP contribution in [-0.4, -0.2) is 76.0 Å². The maximum Gasteiger partial charge on any atom is 0.493 e. The number of hydroxylamine groups is 1. The second-order valence-corrected chi connectivity index (χ2v) is 14.7. The molecule has 43 heavy (non-hydrogen) atoms. The molecule has 0 unspecified atom stereocenters. The summed E-state index contributed by atoms with van der Waals surface area (Å²) in [7, 11) is -8.31. The van der Waals surface area contributed by atoms with Gasteiger partial charge in [-0.1, -0.05) is 22.1 Å². The van der Waals surface area contributed by atoms with Gasteiger partial charge in [-0.3, -0.25) is 9.69 Å². The summed E-state index contributed by atoms with van der Waals surface area (Å²) in [4.78, 5) is 30.0. The van der Waals surface area contributed by atoms with Crippen molar-refractivity contribution in [2.75, 3.05) is 25.6 Å². The Morgan fingerprint density at radius 2 is 1.74 bits per heavy atom. The Labute approximate surface area is 250 Å². The third-order valence-electron chi connectivity index (χ3n) is 6.81. The van der Waals surface area contributed by atoms with Gasteiger partial charge in [0.2, 0.25) is 0 Å². The highest BCUT2D eigenvalue weighted by molar-refractivity contribution is 7.90. The number of amides is 1. The lowest BCUT2D eigenvalue weighted by Gasteiger charge is -2.33. The zero-order chi connectivity index (χ0) is 31.9. The lowest BCUT2D eigenvalue weighted by atomic mass is 10.0. The minimum absolute atomic E-state index is 0.0934. The molecule has 17 heteroatoms. The van der Waals surface area contributed by atoms with Crippen LogP contribution >= 0.6 is 11.6 Å². The maximum absolute atomic E-state index is 15.2. The zero-order valence-corrected chi connectivity index (χ0v) is 25.2. The van der Waals surface area contributed by atoms with Gasteiger partial charge < -0.3 is 9.57 Å². The van der Waals surface area contributed by atoms with E-state index in [1.165, 1.54) is 12.1 Å². The molecule has 1 saturated carbocycles. The van der Waals surface area contributed by atoms with Crippen LogP contribution in [0, 0.1) is 5.82 Å². The molecule has 1 heterocycles. The van der Waals surface area contributed by atoms with Gasteiger partial charge in [0, 0.05) is 30.4 Å². The largest absolute Gasteiger partial charge is 0.493 e.